The molecule has 0 unspecified atom stereocenters. The van der Waals surface area contributed by atoms with Gasteiger partial charge in [-0.25, -0.2) is 0 Å². The maximum absolute atomic E-state index is 11.7. The van der Waals surface area contributed by atoms with E-state index in [1.165, 1.54) is 4.90 Å². The van der Waals surface area contributed by atoms with Gasteiger partial charge in [0.25, 0.3) is 5.91 Å². The Balaban J connectivity index is 1.99. The van der Waals surface area contributed by atoms with Crippen LogP contribution in [0.4, 0.5) is 5.69 Å². The van der Waals surface area contributed by atoms with Crippen molar-refractivity contribution in [2.45, 2.75) is 19.3 Å². The Morgan fingerprint density at radius 2 is 1.78 bits per heavy atom. The smallest absolute Gasteiger partial charge is 0.253 e. The minimum atomic E-state index is -0.0353. The molecule has 1 aliphatic carbocycles. The second-order valence-electron chi connectivity index (χ2n) is 4.89. The maximum atomic E-state index is 11.7. The van der Waals surface area contributed by atoms with Crippen molar-refractivity contribution in [2.24, 2.45) is 5.92 Å². The average molecular weight is 246 g/mol. The van der Waals surface area contributed by atoms with Gasteiger partial charge in [-0.1, -0.05) is 6.42 Å². The van der Waals surface area contributed by atoms with Crippen LogP contribution in [0, 0.1) is 5.92 Å². The molecular weight excluding hydrogens is 228 g/mol. The molecule has 0 radical (unpaired) electrons. The number of nitrogens with zero attached hydrogens (tertiary/aromatic N) is 1. The molecule has 1 aliphatic rings. The summed E-state index contributed by atoms with van der Waals surface area (Å²) >= 11 is 0. The van der Waals surface area contributed by atoms with Gasteiger partial charge in [-0.15, -0.1) is 0 Å². The van der Waals surface area contributed by atoms with Crippen LogP contribution in [0.25, 0.3) is 0 Å². The summed E-state index contributed by atoms with van der Waals surface area (Å²) < 4.78 is 0. The normalized spacial score (nSPS) is 14.8. The predicted octanol–water partition coefficient (Wildman–Crippen LogP) is 2.13. The zero-order valence-electron chi connectivity index (χ0n) is 10.8. The number of carbonyl (C=O) groups is 2. The summed E-state index contributed by atoms with van der Waals surface area (Å²) in [5.74, 6) is 0.230. The molecule has 96 valence electrons. The number of anilines is 1. The molecule has 1 saturated carbocycles. The van der Waals surface area contributed by atoms with Crippen molar-refractivity contribution in [1.82, 2.24) is 4.90 Å². The Labute approximate surface area is 107 Å². The Morgan fingerprint density at radius 3 is 2.22 bits per heavy atom. The molecule has 1 aromatic rings. The van der Waals surface area contributed by atoms with Crippen LogP contribution in [-0.4, -0.2) is 30.8 Å². The van der Waals surface area contributed by atoms with Crippen molar-refractivity contribution in [3.8, 4) is 0 Å². The summed E-state index contributed by atoms with van der Waals surface area (Å²) in [6.45, 7) is 0. The average Bonchev–Trinajstić information content (AvgIpc) is 2.26. The molecule has 18 heavy (non-hydrogen) atoms. The van der Waals surface area contributed by atoms with E-state index in [1.807, 2.05) is 0 Å². The van der Waals surface area contributed by atoms with E-state index in [-0.39, 0.29) is 17.7 Å². The highest BCUT2D eigenvalue weighted by Crippen LogP contribution is 2.27. The zero-order chi connectivity index (χ0) is 13.1. The fourth-order valence-corrected chi connectivity index (χ4v) is 1.87. The molecule has 1 aromatic carbocycles. The van der Waals surface area contributed by atoms with Crippen molar-refractivity contribution in [3.63, 3.8) is 0 Å². The van der Waals surface area contributed by atoms with Crippen molar-refractivity contribution < 1.29 is 9.59 Å². The van der Waals surface area contributed by atoms with Gasteiger partial charge < -0.3 is 10.2 Å². The van der Waals surface area contributed by atoms with E-state index in [4.69, 9.17) is 0 Å². The van der Waals surface area contributed by atoms with E-state index < -0.39 is 0 Å². The highest BCUT2D eigenvalue weighted by Gasteiger charge is 2.25. The standard InChI is InChI=1S/C14H18N2O2/c1-16(2)14(18)11-6-8-12(9-7-11)15-13(17)10-4-3-5-10/h6-10H,3-5H2,1-2H3,(H,15,17). The molecule has 0 heterocycles. The molecule has 0 spiro atoms. The number of hydrogen-bond donors (Lipinski definition) is 1. The summed E-state index contributed by atoms with van der Waals surface area (Å²) in [6.07, 6.45) is 3.13. The summed E-state index contributed by atoms with van der Waals surface area (Å²) in [4.78, 5) is 24.9. The van der Waals surface area contributed by atoms with Gasteiger partial charge in [-0.3, -0.25) is 9.59 Å². The molecule has 2 amide bonds. The lowest BCUT2D eigenvalue weighted by Gasteiger charge is -2.24. The van der Waals surface area contributed by atoms with Crippen molar-refractivity contribution in [1.29, 1.82) is 0 Å². The fourth-order valence-electron chi connectivity index (χ4n) is 1.87. The lowest BCUT2D eigenvalue weighted by atomic mass is 9.85. The monoisotopic (exact) mass is 246 g/mol. The molecule has 0 aromatic heterocycles. The van der Waals surface area contributed by atoms with Gasteiger partial charge in [0.15, 0.2) is 0 Å². The molecule has 0 aliphatic heterocycles. The number of nitrogens with one attached hydrogen (secondary N) is 1. The largest absolute Gasteiger partial charge is 0.345 e. The number of benzene rings is 1. The van der Waals surface area contributed by atoms with Gasteiger partial charge in [-0.05, 0) is 37.1 Å². The van der Waals surface area contributed by atoms with E-state index in [1.54, 1.807) is 38.4 Å². The third-order valence-corrected chi connectivity index (χ3v) is 3.28. The van der Waals surface area contributed by atoms with Crippen molar-refractivity contribution >= 4 is 17.5 Å². The van der Waals surface area contributed by atoms with Gasteiger partial charge in [0, 0.05) is 31.3 Å². The molecule has 4 nitrogen and oxygen atoms in total. The highest BCUT2D eigenvalue weighted by atomic mass is 16.2. The van der Waals surface area contributed by atoms with Crippen LogP contribution in [0.3, 0.4) is 0 Å². The Kier molecular flexibility index (Phi) is 3.65. The first kappa shape index (κ1) is 12.6. The lowest BCUT2D eigenvalue weighted by Crippen LogP contribution is -2.28. The maximum Gasteiger partial charge on any atom is 0.253 e. The molecule has 4 heteroatoms. The number of amides is 2. The predicted molar refractivity (Wildman–Crippen MR) is 70.4 cm³/mol. The van der Waals surface area contributed by atoms with Crippen LogP contribution in [0.2, 0.25) is 0 Å². The first-order chi connectivity index (χ1) is 8.58. The molecule has 0 atom stereocenters. The van der Waals surface area contributed by atoms with Gasteiger partial charge in [0.1, 0.15) is 0 Å². The summed E-state index contributed by atoms with van der Waals surface area (Å²) in [7, 11) is 3.43. The fraction of sp³-hybridized carbons (Fsp3) is 0.429. The SMILES string of the molecule is CN(C)C(=O)c1ccc(NC(=O)C2CCC2)cc1. The van der Waals surface area contributed by atoms with Crippen LogP contribution in [-0.2, 0) is 4.79 Å². The Morgan fingerprint density at radius 1 is 1.17 bits per heavy atom. The first-order valence-electron chi connectivity index (χ1n) is 6.20. The lowest BCUT2D eigenvalue weighted by molar-refractivity contribution is -0.122. The minimum Gasteiger partial charge on any atom is -0.345 e. The van der Waals surface area contributed by atoms with Gasteiger partial charge in [0.05, 0.1) is 0 Å². The molecule has 0 saturated heterocycles. The van der Waals surface area contributed by atoms with E-state index in [9.17, 15) is 9.59 Å². The minimum absolute atomic E-state index is 0.0353. The van der Waals surface area contributed by atoms with E-state index in [0.29, 0.717) is 5.56 Å². The number of carbonyl (C=O) groups excluding carboxylic acids is 2. The molecule has 2 rings (SSSR count). The van der Waals surface area contributed by atoms with E-state index in [2.05, 4.69) is 5.32 Å². The third-order valence-electron chi connectivity index (χ3n) is 3.28. The Bertz CT molecular complexity index is 447. The molecular formula is C14H18N2O2. The third kappa shape index (κ3) is 2.70. The van der Waals surface area contributed by atoms with Crippen molar-refractivity contribution in [3.05, 3.63) is 29.8 Å². The second kappa shape index (κ2) is 5.21. The van der Waals surface area contributed by atoms with Gasteiger partial charge >= 0.3 is 0 Å². The Hall–Kier alpha value is -1.84. The van der Waals surface area contributed by atoms with Gasteiger partial charge in [0.2, 0.25) is 5.91 Å². The van der Waals surface area contributed by atoms with Gasteiger partial charge in [-0.2, -0.15) is 0 Å². The topological polar surface area (TPSA) is 49.4 Å². The highest BCUT2D eigenvalue weighted by molar-refractivity contribution is 5.96. The first-order valence-corrected chi connectivity index (χ1v) is 6.20. The second-order valence-corrected chi connectivity index (χ2v) is 4.89. The van der Waals surface area contributed by atoms with Crippen LogP contribution in [0.1, 0.15) is 29.6 Å². The molecule has 0 bridgehead atoms. The van der Waals surface area contributed by atoms with E-state index in [0.717, 1.165) is 24.9 Å². The number of hydrogen-bond acceptors (Lipinski definition) is 2. The quantitative estimate of drug-likeness (QED) is 0.888. The van der Waals surface area contributed by atoms with Crippen molar-refractivity contribution in [2.75, 3.05) is 19.4 Å². The zero-order valence-corrected chi connectivity index (χ0v) is 10.8. The summed E-state index contributed by atoms with van der Waals surface area (Å²) in [6, 6.07) is 7.01. The van der Waals surface area contributed by atoms with Crippen LogP contribution in [0.5, 0.6) is 0 Å². The number of rotatable bonds is 3. The molecule has 1 fully saturated rings. The molecule has 1 N–H and O–H groups in total. The van der Waals surface area contributed by atoms with Crippen LogP contribution >= 0.6 is 0 Å². The van der Waals surface area contributed by atoms with Crippen LogP contribution in [0.15, 0.2) is 24.3 Å². The summed E-state index contributed by atoms with van der Waals surface area (Å²) in [5.41, 5.74) is 1.38. The van der Waals surface area contributed by atoms with Crippen LogP contribution < -0.4 is 5.32 Å². The summed E-state index contributed by atoms with van der Waals surface area (Å²) in [5, 5.41) is 2.88. The van der Waals surface area contributed by atoms with E-state index >= 15 is 0 Å².